The van der Waals surface area contributed by atoms with E-state index in [1.54, 1.807) is 0 Å². The highest BCUT2D eigenvalue weighted by Crippen LogP contribution is 2.27. The molecule has 1 heterocycles. The number of hydrogen-bond donors (Lipinski definition) is 0. The minimum Gasteiger partial charge on any atom is -0.311 e. The Morgan fingerprint density at radius 1 is 1.18 bits per heavy atom. The lowest BCUT2D eigenvalue weighted by atomic mass is 10.2. The Morgan fingerprint density at radius 2 is 1.91 bits per heavy atom. The van der Waals surface area contributed by atoms with Crippen molar-refractivity contribution in [1.29, 1.82) is 0 Å². The maximum atomic E-state index is 12.5. The molecule has 0 atom stereocenters. The summed E-state index contributed by atoms with van der Waals surface area (Å²) in [4.78, 5) is 16.5. The van der Waals surface area contributed by atoms with Crippen molar-refractivity contribution in [3.63, 3.8) is 0 Å². The summed E-state index contributed by atoms with van der Waals surface area (Å²) in [6.45, 7) is 2.00. The number of likely N-dealkylation sites (N-methyl/N-ethyl adjacent to an activating group) is 1. The van der Waals surface area contributed by atoms with Crippen LogP contribution in [0.25, 0.3) is 0 Å². The van der Waals surface area contributed by atoms with E-state index in [0.717, 1.165) is 29.7 Å². The van der Waals surface area contributed by atoms with E-state index in [0.29, 0.717) is 6.54 Å². The third kappa shape index (κ3) is 3.39. The van der Waals surface area contributed by atoms with Crippen LogP contribution in [0.2, 0.25) is 0 Å². The van der Waals surface area contributed by atoms with Crippen molar-refractivity contribution in [1.82, 2.24) is 4.90 Å². The predicted molar refractivity (Wildman–Crippen MR) is 93.0 cm³/mol. The number of fused-ring (bicyclic) bond motifs is 1. The molecule has 1 aliphatic rings. The van der Waals surface area contributed by atoms with Crippen LogP contribution in [0.1, 0.15) is 11.1 Å². The van der Waals surface area contributed by atoms with Gasteiger partial charge >= 0.3 is 0 Å². The summed E-state index contributed by atoms with van der Waals surface area (Å²) in [6, 6.07) is 16.4. The van der Waals surface area contributed by atoms with Gasteiger partial charge in [0.1, 0.15) is 0 Å². The lowest BCUT2D eigenvalue weighted by Crippen LogP contribution is -2.37. The number of hydrogen-bond acceptors (Lipinski definition) is 2. The summed E-state index contributed by atoms with van der Waals surface area (Å²) in [5.74, 6) is 0.171. The quantitative estimate of drug-likeness (QED) is 0.835. The fourth-order valence-corrected chi connectivity index (χ4v) is 3.14. The molecular weight excluding hydrogens is 340 g/mol. The first-order chi connectivity index (χ1) is 10.6. The van der Waals surface area contributed by atoms with Crippen LogP contribution in [0.15, 0.2) is 53.0 Å². The Labute approximate surface area is 139 Å². The third-order valence-electron chi connectivity index (χ3n) is 3.96. The molecule has 1 aliphatic heterocycles. The Morgan fingerprint density at radius 3 is 2.68 bits per heavy atom. The van der Waals surface area contributed by atoms with Crippen molar-refractivity contribution in [2.75, 3.05) is 25.0 Å². The van der Waals surface area contributed by atoms with E-state index in [4.69, 9.17) is 0 Å². The fraction of sp³-hybridized carbons (Fsp3) is 0.278. The molecule has 22 heavy (non-hydrogen) atoms. The molecule has 1 amide bonds. The Kier molecular flexibility index (Phi) is 4.60. The van der Waals surface area contributed by atoms with Gasteiger partial charge in [0.05, 0.1) is 6.54 Å². The molecule has 0 unspecified atom stereocenters. The number of anilines is 1. The monoisotopic (exact) mass is 358 g/mol. The molecule has 0 N–H and O–H groups in total. The van der Waals surface area contributed by atoms with Gasteiger partial charge in [0.25, 0.3) is 0 Å². The number of carbonyl (C=O) groups is 1. The first kappa shape index (κ1) is 15.3. The molecule has 0 saturated carbocycles. The normalized spacial score (nSPS) is 13.5. The average Bonchev–Trinajstić information content (AvgIpc) is 2.93. The van der Waals surface area contributed by atoms with Gasteiger partial charge in [0.2, 0.25) is 5.91 Å². The van der Waals surface area contributed by atoms with Crippen LogP contribution in [-0.2, 0) is 17.8 Å². The van der Waals surface area contributed by atoms with Crippen LogP contribution in [0.4, 0.5) is 5.69 Å². The SMILES string of the molecule is CN(CC(=O)N1CCc2ccccc21)Cc1ccc(Br)cc1. The molecule has 0 bridgehead atoms. The maximum Gasteiger partial charge on any atom is 0.241 e. The summed E-state index contributed by atoms with van der Waals surface area (Å²) in [7, 11) is 1.99. The van der Waals surface area contributed by atoms with Gasteiger partial charge in [-0.05, 0) is 42.8 Å². The number of para-hydroxylation sites is 1. The molecule has 0 aliphatic carbocycles. The van der Waals surface area contributed by atoms with Gasteiger partial charge < -0.3 is 4.90 Å². The first-order valence-corrected chi connectivity index (χ1v) is 8.24. The van der Waals surface area contributed by atoms with E-state index in [1.807, 2.05) is 42.3 Å². The highest BCUT2D eigenvalue weighted by molar-refractivity contribution is 9.10. The van der Waals surface area contributed by atoms with E-state index in [9.17, 15) is 4.79 Å². The highest BCUT2D eigenvalue weighted by Gasteiger charge is 2.24. The van der Waals surface area contributed by atoms with E-state index < -0.39 is 0 Å². The molecule has 0 saturated heterocycles. The zero-order valence-electron chi connectivity index (χ0n) is 12.6. The summed E-state index contributed by atoms with van der Waals surface area (Å²) >= 11 is 3.44. The number of rotatable bonds is 4. The third-order valence-corrected chi connectivity index (χ3v) is 4.49. The van der Waals surface area contributed by atoms with Gasteiger partial charge in [-0.1, -0.05) is 46.3 Å². The van der Waals surface area contributed by atoms with Gasteiger partial charge in [-0.2, -0.15) is 0 Å². The van der Waals surface area contributed by atoms with Gasteiger partial charge in [0, 0.05) is 23.2 Å². The van der Waals surface area contributed by atoms with Crippen LogP contribution in [-0.4, -0.2) is 30.9 Å². The van der Waals surface area contributed by atoms with Gasteiger partial charge in [-0.15, -0.1) is 0 Å². The van der Waals surface area contributed by atoms with E-state index in [-0.39, 0.29) is 5.91 Å². The largest absolute Gasteiger partial charge is 0.311 e. The summed E-state index contributed by atoms with van der Waals surface area (Å²) < 4.78 is 1.07. The van der Waals surface area contributed by atoms with Gasteiger partial charge in [0.15, 0.2) is 0 Å². The highest BCUT2D eigenvalue weighted by atomic mass is 79.9. The fourth-order valence-electron chi connectivity index (χ4n) is 2.87. The van der Waals surface area contributed by atoms with E-state index in [1.165, 1.54) is 11.1 Å². The van der Waals surface area contributed by atoms with Crippen molar-refractivity contribution in [3.05, 3.63) is 64.1 Å². The first-order valence-electron chi connectivity index (χ1n) is 7.45. The van der Waals surface area contributed by atoms with Crippen molar-refractivity contribution in [3.8, 4) is 0 Å². The van der Waals surface area contributed by atoms with Gasteiger partial charge in [-0.25, -0.2) is 0 Å². The van der Waals surface area contributed by atoms with E-state index >= 15 is 0 Å². The van der Waals surface area contributed by atoms with Crippen LogP contribution in [0, 0.1) is 0 Å². The van der Waals surface area contributed by atoms with Crippen molar-refractivity contribution >= 4 is 27.5 Å². The number of nitrogens with zero attached hydrogens (tertiary/aromatic N) is 2. The molecule has 0 spiro atoms. The number of carbonyl (C=O) groups excluding carboxylic acids is 1. The smallest absolute Gasteiger partial charge is 0.241 e. The zero-order valence-corrected chi connectivity index (χ0v) is 14.2. The lowest BCUT2D eigenvalue weighted by molar-refractivity contribution is -0.119. The molecule has 2 aromatic carbocycles. The Balaban J connectivity index is 1.61. The molecule has 3 nitrogen and oxygen atoms in total. The maximum absolute atomic E-state index is 12.5. The van der Waals surface area contributed by atoms with Crippen molar-refractivity contribution in [2.45, 2.75) is 13.0 Å². The van der Waals surface area contributed by atoms with E-state index in [2.05, 4.69) is 39.0 Å². The molecule has 0 radical (unpaired) electrons. The van der Waals surface area contributed by atoms with Gasteiger partial charge in [-0.3, -0.25) is 9.69 Å². The molecule has 114 valence electrons. The van der Waals surface area contributed by atoms with Crippen LogP contribution >= 0.6 is 15.9 Å². The Bertz CT molecular complexity index is 669. The standard InChI is InChI=1S/C18H19BrN2O/c1-20(12-14-6-8-16(19)9-7-14)13-18(22)21-11-10-15-4-2-3-5-17(15)21/h2-9H,10-13H2,1H3. The van der Waals surface area contributed by atoms with Crippen molar-refractivity contribution in [2.24, 2.45) is 0 Å². The molecule has 2 aromatic rings. The lowest BCUT2D eigenvalue weighted by Gasteiger charge is -2.22. The number of halogens is 1. The summed E-state index contributed by atoms with van der Waals surface area (Å²) in [5, 5.41) is 0. The second kappa shape index (κ2) is 6.63. The topological polar surface area (TPSA) is 23.6 Å². The van der Waals surface area contributed by atoms with Crippen LogP contribution in [0.5, 0.6) is 0 Å². The average molecular weight is 359 g/mol. The predicted octanol–water partition coefficient (Wildman–Crippen LogP) is 3.47. The van der Waals surface area contributed by atoms with Crippen LogP contribution < -0.4 is 4.90 Å². The second-order valence-electron chi connectivity index (χ2n) is 5.72. The zero-order chi connectivity index (χ0) is 15.5. The molecule has 0 fully saturated rings. The molecule has 3 rings (SSSR count). The second-order valence-corrected chi connectivity index (χ2v) is 6.64. The molecule has 4 heteroatoms. The summed E-state index contributed by atoms with van der Waals surface area (Å²) in [5.41, 5.74) is 3.55. The molecule has 0 aromatic heterocycles. The molecular formula is C18H19BrN2O. The van der Waals surface area contributed by atoms with Crippen molar-refractivity contribution < 1.29 is 4.79 Å². The minimum atomic E-state index is 0.171. The number of amides is 1. The number of benzene rings is 2. The minimum absolute atomic E-state index is 0.171. The van der Waals surface area contributed by atoms with Crippen LogP contribution in [0.3, 0.4) is 0 Å². The summed E-state index contributed by atoms with van der Waals surface area (Å²) in [6.07, 6.45) is 0.957. The Hall–Kier alpha value is -1.65.